The highest BCUT2D eigenvalue weighted by atomic mass is 16.5. The van der Waals surface area contributed by atoms with Crippen LogP contribution in [-0.2, 0) is 0 Å². The third-order valence-electron chi connectivity index (χ3n) is 2.53. The van der Waals surface area contributed by atoms with Crippen molar-refractivity contribution in [1.82, 2.24) is 4.98 Å². The number of hydrogen-bond donors (Lipinski definition) is 1. The summed E-state index contributed by atoms with van der Waals surface area (Å²) in [4.78, 5) is 3.96. The molecule has 0 saturated carbocycles. The van der Waals surface area contributed by atoms with Crippen LogP contribution >= 0.6 is 0 Å². The Balaban J connectivity index is 2.49. The van der Waals surface area contributed by atoms with Crippen molar-refractivity contribution in [2.24, 2.45) is 11.3 Å². The van der Waals surface area contributed by atoms with Gasteiger partial charge in [0.25, 0.3) is 0 Å². The zero-order chi connectivity index (χ0) is 11.3. The Labute approximate surface area is 91.1 Å². The van der Waals surface area contributed by atoms with Gasteiger partial charge < -0.3 is 9.84 Å². The summed E-state index contributed by atoms with van der Waals surface area (Å²) >= 11 is 0. The van der Waals surface area contributed by atoms with Crippen LogP contribution in [0, 0.1) is 11.3 Å². The molecule has 0 amide bonds. The molecule has 0 saturated heterocycles. The molecule has 0 aromatic carbocycles. The fourth-order valence-electron chi connectivity index (χ4n) is 1.21. The number of aliphatic hydroxyl groups is 1. The Morgan fingerprint density at radius 1 is 1.47 bits per heavy atom. The summed E-state index contributed by atoms with van der Waals surface area (Å²) in [7, 11) is 0. The smallest absolute Gasteiger partial charge is 0.137 e. The van der Waals surface area contributed by atoms with Crippen LogP contribution in [0.5, 0.6) is 5.75 Å². The van der Waals surface area contributed by atoms with Crippen molar-refractivity contribution in [2.75, 3.05) is 13.2 Å². The van der Waals surface area contributed by atoms with E-state index in [1.54, 1.807) is 12.4 Å². The lowest BCUT2D eigenvalue weighted by Gasteiger charge is -2.28. The highest BCUT2D eigenvalue weighted by Crippen LogP contribution is 2.26. The normalized spacial score (nSPS) is 13.6. The van der Waals surface area contributed by atoms with Gasteiger partial charge in [0.1, 0.15) is 5.75 Å². The number of pyridine rings is 1. The van der Waals surface area contributed by atoms with Gasteiger partial charge in [0, 0.05) is 18.7 Å². The summed E-state index contributed by atoms with van der Waals surface area (Å²) in [6.07, 6.45) is 3.39. The van der Waals surface area contributed by atoms with Gasteiger partial charge in [-0.2, -0.15) is 0 Å². The van der Waals surface area contributed by atoms with E-state index in [0.717, 1.165) is 5.75 Å². The topological polar surface area (TPSA) is 42.4 Å². The van der Waals surface area contributed by atoms with Gasteiger partial charge in [0.2, 0.25) is 0 Å². The fraction of sp³-hybridized carbons (Fsp3) is 0.583. The summed E-state index contributed by atoms with van der Waals surface area (Å²) < 4.78 is 5.56. The summed E-state index contributed by atoms with van der Waals surface area (Å²) in [5.74, 6) is 0.887. The minimum absolute atomic E-state index is 0.0525. The molecule has 1 rings (SSSR count). The molecule has 0 spiro atoms. The number of nitrogens with zero attached hydrogens (tertiary/aromatic N) is 1. The molecule has 0 aliphatic rings. The minimum atomic E-state index is 0.0525. The van der Waals surface area contributed by atoms with Gasteiger partial charge >= 0.3 is 0 Å². The average molecular weight is 209 g/mol. The first kappa shape index (κ1) is 12.0. The lowest BCUT2D eigenvalue weighted by molar-refractivity contribution is 0.0816. The van der Waals surface area contributed by atoms with E-state index in [-0.39, 0.29) is 17.9 Å². The van der Waals surface area contributed by atoms with Crippen LogP contribution in [-0.4, -0.2) is 23.3 Å². The molecule has 1 aromatic rings. The molecule has 3 nitrogen and oxygen atoms in total. The molecule has 0 fully saturated rings. The molecule has 1 N–H and O–H groups in total. The summed E-state index contributed by atoms with van der Waals surface area (Å²) in [6.45, 7) is 6.96. The van der Waals surface area contributed by atoms with E-state index < -0.39 is 0 Å². The fourth-order valence-corrected chi connectivity index (χ4v) is 1.21. The van der Waals surface area contributed by atoms with Crippen LogP contribution in [0.3, 0.4) is 0 Å². The maximum Gasteiger partial charge on any atom is 0.137 e. The van der Waals surface area contributed by atoms with Crippen LogP contribution in [0.1, 0.15) is 20.8 Å². The molecule has 84 valence electrons. The summed E-state index contributed by atoms with van der Waals surface area (Å²) in [5, 5.41) is 9.24. The van der Waals surface area contributed by atoms with Crippen molar-refractivity contribution in [3.63, 3.8) is 0 Å². The van der Waals surface area contributed by atoms with Crippen LogP contribution in [0.4, 0.5) is 0 Å². The van der Waals surface area contributed by atoms with E-state index in [2.05, 4.69) is 25.8 Å². The van der Waals surface area contributed by atoms with Crippen molar-refractivity contribution in [1.29, 1.82) is 0 Å². The molecule has 15 heavy (non-hydrogen) atoms. The third-order valence-corrected chi connectivity index (χ3v) is 2.53. The van der Waals surface area contributed by atoms with E-state index in [9.17, 15) is 5.11 Å². The molecule has 1 aromatic heterocycles. The SMILES string of the molecule is CC(C)(C)C(CO)COc1cccnc1. The molecule has 1 heterocycles. The van der Waals surface area contributed by atoms with Crippen molar-refractivity contribution in [2.45, 2.75) is 20.8 Å². The van der Waals surface area contributed by atoms with Crippen molar-refractivity contribution in [3.8, 4) is 5.75 Å². The number of hydrogen-bond acceptors (Lipinski definition) is 3. The third kappa shape index (κ3) is 3.88. The second-order valence-electron chi connectivity index (χ2n) is 4.75. The average Bonchev–Trinajstić information content (AvgIpc) is 2.18. The van der Waals surface area contributed by atoms with Gasteiger partial charge in [-0.15, -0.1) is 0 Å². The molecule has 0 aliphatic heterocycles. The highest BCUT2D eigenvalue weighted by Gasteiger charge is 2.24. The highest BCUT2D eigenvalue weighted by molar-refractivity contribution is 5.15. The second-order valence-corrected chi connectivity index (χ2v) is 4.75. The Kier molecular flexibility index (Phi) is 4.09. The minimum Gasteiger partial charge on any atom is -0.492 e. The second kappa shape index (κ2) is 5.12. The van der Waals surface area contributed by atoms with Gasteiger partial charge in [0.15, 0.2) is 0 Å². The van der Waals surface area contributed by atoms with Gasteiger partial charge in [-0.3, -0.25) is 4.98 Å². The largest absolute Gasteiger partial charge is 0.492 e. The van der Waals surface area contributed by atoms with Gasteiger partial charge in [-0.25, -0.2) is 0 Å². The first-order valence-electron chi connectivity index (χ1n) is 5.17. The predicted octanol–water partition coefficient (Wildman–Crippen LogP) is 2.11. The quantitative estimate of drug-likeness (QED) is 0.826. The van der Waals surface area contributed by atoms with E-state index in [4.69, 9.17) is 4.74 Å². The van der Waals surface area contributed by atoms with Crippen LogP contribution in [0.15, 0.2) is 24.5 Å². The molecule has 0 aliphatic carbocycles. The van der Waals surface area contributed by atoms with Crippen molar-refractivity contribution >= 4 is 0 Å². The number of aliphatic hydroxyl groups excluding tert-OH is 1. The monoisotopic (exact) mass is 209 g/mol. The van der Waals surface area contributed by atoms with Crippen LogP contribution in [0.2, 0.25) is 0 Å². The lowest BCUT2D eigenvalue weighted by atomic mass is 9.82. The molecule has 1 unspecified atom stereocenters. The molecule has 0 radical (unpaired) electrons. The van der Waals surface area contributed by atoms with Gasteiger partial charge in [0.05, 0.1) is 12.8 Å². The van der Waals surface area contributed by atoms with E-state index in [0.29, 0.717) is 6.61 Å². The first-order chi connectivity index (χ1) is 7.04. The Morgan fingerprint density at radius 3 is 2.67 bits per heavy atom. The van der Waals surface area contributed by atoms with Gasteiger partial charge in [-0.1, -0.05) is 20.8 Å². The summed E-state index contributed by atoms with van der Waals surface area (Å²) in [6, 6.07) is 3.70. The van der Waals surface area contributed by atoms with E-state index in [1.807, 2.05) is 12.1 Å². The van der Waals surface area contributed by atoms with Crippen molar-refractivity contribution < 1.29 is 9.84 Å². The number of aromatic nitrogens is 1. The number of ether oxygens (including phenoxy) is 1. The molecular formula is C12H19NO2. The van der Waals surface area contributed by atoms with E-state index in [1.165, 1.54) is 0 Å². The maximum absolute atomic E-state index is 9.24. The molecule has 0 bridgehead atoms. The summed E-state index contributed by atoms with van der Waals surface area (Å²) in [5.41, 5.74) is 0.0525. The Morgan fingerprint density at radius 2 is 2.20 bits per heavy atom. The van der Waals surface area contributed by atoms with Crippen LogP contribution in [0.25, 0.3) is 0 Å². The Bertz CT molecular complexity index is 279. The maximum atomic E-state index is 9.24. The molecular weight excluding hydrogens is 190 g/mol. The first-order valence-corrected chi connectivity index (χ1v) is 5.17. The standard InChI is InChI=1S/C12H19NO2/c1-12(2,3)10(8-14)9-15-11-5-4-6-13-7-11/h4-7,10,14H,8-9H2,1-3H3. The zero-order valence-corrected chi connectivity index (χ0v) is 9.60. The zero-order valence-electron chi connectivity index (χ0n) is 9.60. The lowest BCUT2D eigenvalue weighted by Crippen LogP contribution is -2.29. The molecule has 3 heteroatoms. The predicted molar refractivity (Wildman–Crippen MR) is 59.8 cm³/mol. The Hall–Kier alpha value is -1.09. The van der Waals surface area contributed by atoms with Crippen molar-refractivity contribution in [3.05, 3.63) is 24.5 Å². The van der Waals surface area contributed by atoms with Gasteiger partial charge in [-0.05, 0) is 17.5 Å². The number of rotatable bonds is 4. The molecule has 1 atom stereocenters. The van der Waals surface area contributed by atoms with Crippen LogP contribution < -0.4 is 4.74 Å². The van der Waals surface area contributed by atoms with E-state index >= 15 is 0 Å².